The Morgan fingerprint density at radius 3 is 1.74 bits per heavy atom. The van der Waals surface area contributed by atoms with Crippen LogP contribution in [0.2, 0.25) is 24.2 Å². The second-order valence-electron chi connectivity index (χ2n) is 5.96. The van der Waals surface area contributed by atoms with Crippen LogP contribution in [0, 0.1) is 0 Å². The van der Waals surface area contributed by atoms with Gasteiger partial charge in [-0.2, -0.15) is 0 Å². The first-order valence-corrected chi connectivity index (χ1v) is 9.58. The van der Waals surface area contributed by atoms with Crippen molar-refractivity contribution in [2.45, 2.75) is 51.4 Å². The molecule has 0 aliphatic carbocycles. The fourth-order valence-corrected chi connectivity index (χ4v) is 8.60. The monoisotopic (exact) mass is 277 g/mol. The number of hydrogen-bond donors (Lipinski definition) is 0. The van der Waals surface area contributed by atoms with E-state index in [0.29, 0.717) is 6.54 Å². The average Bonchev–Trinajstić information content (AvgIpc) is 2.21. The predicted molar refractivity (Wildman–Crippen MR) is 88.1 cm³/mol. The molecule has 0 radical (unpaired) electrons. The Labute approximate surface area is 118 Å². The van der Waals surface area contributed by atoms with Gasteiger partial charge in [-0.25, -0.2) is 0 Å². The zero-order chi connectivity index (χ0) is 14.9. The van der Waals surface area contributed by atoms with Gasteiger partial charge >= 0.3 is 0 Å². The molecule has 19 heavy (non-hydrogen) atoms. The molecule has 0 spiro atoms. The lowest BCUT2D eigenvalue weighted by atomic mass is 10.4. The summed E-state index contributed by atoms with van der Waals surface area (Å²) >= 11 is 0. The molecule has 0 unspecified atom stereocenters. The second-order valence-corrected chi connectivity index (χ2v) is 10.5. The van der Waals surface area contributed by atoms with E-state index in [9.17, 15) is 0 Å². The van der Waals surface area contributed by atoms with Crippen molar-refractivity contribution in [3.05, 3.63) is 46.9 Å². The Bertz CT molecular complexity index is 351. The predicted octanol–water partition coefficient (Wildman–Crippen LogP) is 5.86. The van der Waals surface area contributed by atoms with E-state index in [4.69, 9.17) is 5.53 Å². The Morgan fingerprint density at radius 2 is 1.42 bits per heavy atom. The van der Waals surface area contributed by atoms with Crippen LogP contribution in [0.5, 0.6) is 0 Å². The molecule has 4 heteroatoms. The summed E-state index contributed by atoms with van der Waals surface area (Å²) in [6.45, 7) is 19.2. The normalized spacial score (nSPS) is 10.7. The van der Waals surface area contributed by atoms with Gasteiger partial charge < -0.3 is 0 Å². The second kappa shape index (κ2) is 8.78. The van der Waals surface area contributed by atoms with E-state index >= 15 is 0 Å². The summed E-state index contributed by atoms with van der Waals surface area (Å²) in [7, 11) is -1.52. The van der Waals surface area contributed by atoms with Gasteiger partial charge in [-0.3, -0.25) is 0 Å². The first-order valence-electron chi connectivity index (χ1n) is 6.75. The summed E-state index contributed by atoms with van der Waals surface area (Å²) in [5.74, 6) is 0. The summed E-state index contributed by atoms with van der Waals surface area (Å²) < 4.78 is 0. The van der Waals surface area contributed by atoms with Crippen molar-refractivity contribution in [2.24, 2.45) is 5.11 Å². The lowest BCUT2D eigenvalue weighted by molar-refractivity contribution is 0.888. The van der Waals surface area contributed by atoms with Crippen molar-refractivity contribution in [1.82, 2.24) is 0 Å². The van der Waals surface area contributed by atoms with Crippen molar-refractivity contribution >= 4 is 8.07 Å². The summed E-state index contributed by atoms with van der Waals surface area (Å²) in [4.78, 5) is 2.83. The third-order valence-corrected chi connectivity index (χ3v) is 8.53. The quantitative estimate of drug-likeness (QED) is 0.120. The number of allylic oxidation sites excluding steroid dienone is 3. The third kappa shape index (κ3) is 8.46. The van der Waals surface area contributed by atoms with E-state index in [1.807, 2.05) is 0 Å². The molecule has 0 bridgehead atoms. The smallest absolute Gasteiger partial charge is 0.0656 e. The summed E-state index contributed by atoms with van der Waals surface area (Å²) in [5, 5.41) is 3.65. The standard InChI is InChI=1S/C15H27N3Si/c1-13(2)10-19(11-14(3)4,12-15(5)6)9-7-8-17-18-16/h1,3,5,7-12H2,2,4,6H3. The van der Waals surface area contributed by atoms with Gasteiger partial charge in [-0.15, -0.1) is 19.7 Å². The maximum atomic E-state index is 8.36. The molecule has 0 amide bonds. The van der Waals surface area contributed by atoms with E-state index in [1.54, 1.807) is 0 Å². The van der Waals surface area contributed by atoms with Crippen molar-refractivity contribution in [3.63, 3.8) is 0 Å². The van der Waals surface area contributed by atoms with Gasteiger partial charge in [0.2, 0.25) is 0 Å². The Kier molecular flexibility index (Phi) is 8.20. The third-order valence-electron chi connectivity index (χ3n) is 3.06. The van der Waals surface area contributed by atoms with Crippen LogP contribution in [0.25, 0.3) is 10.4 Å². The maximum Gasteiger partial charge on any atom is 0.0656 e. The Hall–Kier alpha value is -1.25. The highest BCUT2D eigenvalue weighted by molar-refractivity contribution is 6.81. The minimum atomic E-state index is -1.52. The topological polar surface area (TPSA) is 48.8 Å². The van der Waals surface area contributed by atoms with E-state index in [-0.39, 0.29) is 0 Å². The molecule has 0 N–H and O–H groups in total. The Balaban J connectivity index is 4.97. The molecule has 0 rings (SSSR count). The van der Waals surface area contributed by atoms with E-state index in [2.05, 4.69) is 50.5 Å². The van der Waals surface area contributed by atoms with Crippen molar-refractivity contribution < 1.29 is 0 Å². The van der Waals surface area contributed by atoms with Gasteiger partial charge in [-0.1, -0.05) is 34.3 Å². The molecule has 0 heterocycles. The van der Waals surface area contributed by atoms with Gasteiger partial charge in [0.15, 0.2) is 0 Å². The molecule has 0 aromatic rings. The molecule has 106 valence electrons. The molecule has 0 saturated heterocycles. The highest BCUT2D eigenvalue weighted by atomic mass is 28.3. The molecule has 0 aromatic carbocycles. The van der Waals surface area contributed by atoms with Crippen LogP contribution in [0.4, 0.5) is 0 Å². The van der Waals surface area contributed by atoms with Crippen LogP contribution in [-0.2, 0) is 0 Å². The van der Waals surface area contributed by atoms with Gasteiger partial charge in [0.1, 0.15) is 0 Å². The molecule has 0 aromatic heterocycles. The fourth-order valence-electron chi connectivity index (χ4n) is 2.94. The minimum absolute atomic E-state index is 0.591. The van der Waals surface area contributed by atoms with Crippen LogP contribution >= 0.6 is 0 Å². The minimum Gasteiger partial charge on any atom is -0.100 e. The van der Waals surface area contributed by atoms with Crippen LogP contribution in [-0.4, -0.2) is 14.6 Å². The highest BCUT2D eigenvalue weighted by Crippen LogP contribution is 2.35. The molecule has 3 nitrogen and oxygen atoms in total. The molecule has 0 fully saturated rings. The molecule has 0 saturated carbocycles. The lowest BCUT2D eigenvalue weighted by Crippen LogP contribution is -2.34. The molecule has 0 atom stereocenters. The lowest BCUT2D eigenvalue weighted by Gasteiger charge is -2.33. The van der Waals surface area contributed by atoms with Crippen molar-refractivity contribution in [2.75, 3.05) is 6.54 Å². The molecule has 0 aliphatic heterocycles. The average molecular weight is 277 g/mol. The number of hydrogen-bond acceptors (Lipinski definition) is 1. The first kappa shape index (κ1) is 17.7. The number of azide groups is 1. The molecular formula is C15H27N3Si. The van der Waals surface area contributed by atoms with Crippen molar-refractivity contribution in [1.29, 1.82) is 0 Å². The van der Waals surface area contributed by atoms with Crippen LogP contribution in [0.3, 0.4) is 0 Å². The SMILES string of the molecule is C=C(C)C[Si](CCCN=[N+]=[N-])(CC(=C)C)CC(=C)C. The van der Waals surface area contributed by atoms with Crippen LogP contribution in [0.1, 0.15) is 27.2 Å². The number of nitrogens with zero attached hydrogens (tertiary/aromatic N) is 3. The summed E-state index contributed by atoms with van der Waals surface area (Å²) in [5.41, 5.74) is 12.1. The number of rotatable bonds is 10. The van der Waals surface area contributed by atoms with E-state index in [0.717, 1.165) is 30.6 Å². The largest absolute Gasteiger partial charge is 0.100 e. The van der Waals surface area contributed by atoms with Gasteiger partial charge in [-0.05, 0) is 44.4 Å². The summed E-state index contributed by atoms with van der Waals surface area (Å²) in [6, 6.07) is 4.49. The highest BCUT2D eigenvalue weighted by Gasteiger charge is 2.32. The first-order chi connectivity index (χ1) is 8.81. The van der Waals surface area contributed by atoms with Crippen LogP contribution in [0.15, 0.2) is 41.6 Å². The van der Waals surface area contributed by atoms with Crippen molar-refractivity contribution in [3.8, 4) is 0 Å². The van der Waals surface area contributed by atoms with E-state index < -0.39 is 8.07 Å². The van der Waals surface area contributed by atoms with Crippen LogP contribution < -0.4 is 0 Å². The molecular weight excluding hydrogens is 250 g/mol. The van der Waals surface area contributed by atoms with Gasteiger partial charge in [0, 0.05) is 11.5 Å². The van der Waals surface area contributed by atoms with Gasteiger partial charge in [0.05, 0.1) is 8.07 Å². The zero-order valence-electron chi connectivity index (χ0n) is 12.7. The maximum absolute atomic E-state index is 8.36. The van der Waals surface area contributed by atoms with E-state index in [1.165, 1.54) is 16.7 Å². The zero-order valence-corrected chi connectivity index (χ0v) is 13.7. The van der Waals surface area contributed by atoms with Gasteiger partial charge in [0.25, 0.3) is 0 Å². The summed E-state index contributed by atoms with van der Waals surface area (Å²) in [6.07, 6.45) is 0.962. The Morgan fingerprint density at radius 1 is 1.00 bits per heavy atom. The fraction of sp³-hybridized carbons (Fsp3) is 0.600. The molecule has 0 aliphatic rings.